The number of anilines is 1. The zero-order chi connectivity index (χ0) is 20.4. The Balaban J connectivity index is 2.05. The predicted molar refractivity (Wildman–Crippen MR) is 117 cm³/mol. The van der Waals surface area contributed by atoms with Gasteiger partial charge in [0.15, 0.2) is 0 Å². The molecule has 0 saturated carbocycles. The predicted octanol–water partition coefficient (Wildman–Crippen LogP) is 4.89. The number of hydrogen-bond acceptors (Lipinski definition) is 5. The highest BCUT2D eigenvalue weighted by atomic mass is 16.3. The van der Waals surface area contributed by atoms with Crippen molar-refractivity contribution in [3.05, 3.63) is 74.0 Å². The normalized spacial score (nSPS) is 11.7. The van der Waals surface area contributed by atoms with Crippen molar-refractivity contribution in [1.82, 2.24) is 0 Å². The summed E-state index contributed by atoms with van der Waals surface area (Å²) in [5.74, 6) is 0. The van der Waals surface area contributed by atoms with Crippen molar-refractivity contribution in [2.45, 2.75) is 13.8 Å². The molecular weight excluding hydrogens is 366 g/mol. The summed E-state index contributed by atoms with van der Waals surface area (Å²) in [6.07, 6.45) is 0. The van der Waals surface area contributed by atoms with Crippen LogP contribution >= 0.6 is 0 Å². The van der Waals surface area contributed by atoms with E-state index in [9.17, 15) is 9.59 Å². The maximum absolute atomic E-state index is 13.4. The van der Waals surface area contributed by atoms with Crippen LogP contribution in [0.25, 0.3) is 43.9 Å². The van der Waals surface area contributed by atoms with Crippen LogP contribution in [0.1, 0.15) is 11.1 Å². The van der Waals surface area contributed by atoms with Gasteiger partial charge in [0.05, 0.1) is 21.5 Å². The molecule has 0 saturated heterocycles. The summed E-state index contributed by atoms with van der Waals surface area (Å²) < 4.78 is 12.3. The average Bonchev–Trinajstić information content (AvgIpc) is 2.71. The van der Waals surface area contributed by atoms with Crippen molar-refractivity contribution >= 4 is 49.6 Å². The first-order chi connectivity index (χ1) is 13.9. The molecule has 0 radical (unpaired) electrons. The zero-order valence-corrected chi connectivity index (χ0v) is 16.6. The molecule has 0 aliphatic rings. The van der Waals surface area contributed by atoms with Crippen molar-refractivity contribution in [2.75, 3.05) is 19.0 Å². The Kier molecular flexibility index (Phi) is 3.59. The minimum atomic E-state index is -0.137. The maximum atomic E-state index is 13.4. The lowest BCUT2D eigenvalue weighted by Gasteiger charge is -2.14. The van der Waals surface area contributed by atoms with Crippen LogP contribution in [0.15, 0.2) is 60.9 Å². The van der Waals surface area contributed by atoms with Gasteiger partial charge in [-0.3, -0.25) is 9.59 Å². The standard InChI is InChI=1S/C24H19NO4/c1-12-19-21(26)15-7-5-6-8-17(15)28-23(19)13(2)24-20(12)22(27)16-10-9-14(25(3)4)11-18(16)29-24/h5-11H,1-4H3. The molecule has 5 rings (SSSR count). The number of rotatable bonds is 1. The van der Waals surface area contributed by atoms with Gasteiger partial charge in [-0.05, 0) is 43.7 Å². The van der Waals surface area contributed by atoms with E-state index in [4.69, 9.17) is 8.83 Å². The first kappa shape index (κ1) is 17.5. The third kappa shape index (κ3) is 2.34. The Morgan fingerprint density at radius 3 is 1.97 bits per heavy atom. The highest BCUT2D eigenvalue weighted by Crippen LogP contribution is 2.33. The molecule has 0 amide bonds. The summed E-state index contributed by atoms with van der Waals surface area (Å²) in [4.78, 5) is 28.5. The van der Waals surface area contributed by atoms with Gasteiger partial charge in [-0.2, -0.15) is 0 Å². The van der Waals surface area contributed by atoms with Gasteiger partial charge < -0.3 is 13.7 Å². The molecule has 0 N–H and O–H groups in total. The quantitative estimate of drug-likeness (QED) is 0.385. The molecule has 0 spiro atoms. The Morgan fingerprint density at radius 1 is 0.724 bits per heavy atom. The van der Waals surface area contributed by atoms with E-state index in [1.807, 2.05) is 44.1 Å². The van der Waals surface area contributed by atoms with Crippen LogP contribution in [-0.4, -0.2) is 14.1 Å². The summed E-state index contributed by atoms with van der Waals surface area (Å²) in [6.45, 7) is 3.61. The minimum absolute atomic E-state index is 0.133. The van der Waals surface area contributed by atoms with Crippen molar-refractivity contribution in [3.8, 4) is 0 Å². The molecule has 5 heteroatoms. The Morgan fingerprint density at radius 2 is 1.31 bits per heavy atom. The van der Waals surface area contributed by atoms with E-state index >= 15 is 0 Å². The molecule has 5 aromatic rings. The second kappa shape index (κ2) is 5.95. The topological polar surface area (TPSA) is 63.7 Å². The van der Waals surface area contributed by atoms with Crippen LogP contribution in [0.5, 0.6) is 0 Å². The summed E-state index contributed by atoms with van der Waals surface area (Å²) in [6, 6.07) is 12.7. The smallest absolute Gasteiger partial charge is 0.200 e. The average molecular weight is 385 g/mol. The number of benzene rings is 3. The van der Waals surface area contributed by atoms with E-state index in [0.717, 1.165) is 5.69 Å². The SMILES string of the molecule is Cc1c2oc3ccccc3c(=O)c2c(C)c2c(=O)c3ccc(N(C)C)cc3oc12. The number of aryl methyl sites for hydroxylation is 2. The number of nitrogens with zero attached hydrogens (tertiary/aromatic N) is 1. The molecule has 5 nitrogen and oxygen atoms in total. The molecule has 0 aliphatic carbocycles. The zero-order valence-electron chi connectivity index (χ0n) is 16.6. The van der Waals surface area contributed by atoms with Gasteiger partial charge >= 0.3 is 0 Å². The molecule has 2 aromatic heterocycles. The largest absolute Gasteiger partial charge is 0.455 e. The van der Waals surface area contributed by atoms with Crippen LogP contribution < -0.4 is 15.8 Å². The number of para-hydroxylation sites is 1. The second-order valence-electron chi connectivity index (χ2n) is 7.59. The molecule has 0 unspecified atom stereocenters. The van der Waals surface area contributed by atoms with Gasteiger partial charge in [0, 0.05) is 31.4 Å². The fraction of sp³-hybridized carbons (Fsp3) is 0.167. The third-order valence-electron chi connectivity index (χ3n) is 5.62. The van der Waals surface area contributed by atoms with Gasteiger partial charge in [-0.1, -0.05) is 12.1 Å². The van der Waals surface area contributed by atoms with Crippen molar-refractivity contribution in [3.63, 3.8) is 0 Å². The van der Waals surface area contributed by atoms with E-state index < -0.39 is 0 Å². The molecule has 0 bridgehead atoms. The summed E-state index contributed by atoms with van der Waals surface area (Å²) in [5, 5.41) is 1.87. The Labute approximate surface area is 165 Å². The van der Waals surface area contributed by atoms with Crippen LogP contribution in [0.3, 0.4) is 0 Å². The molecular formula is C24H19NO4. The molecule has 144 valence electrons. The molecule has 3 aromatic carbocycles. The second-order valence-corrected chi connectivity index (χ2v) is 7.59. The molecule has 2 heterocycles. The lowest BCUT2D eigenvalue weighted by atomic mass is 9.98. The van der Waals surface area contributed by atoms with Crippen molar-refractivity contribution in [1.29, 1.82) is 0 Å². The van der Waals surface area contributed by atoms with Crippen molar-refractivity contribution in [2.24, 2.45) is 0 Å². The maximum Gasteiger partial charge on any atom is 0.200 e. The number of fused-ring (bicyclic) bond motifs is 4. The lowest BCUT2D eigenvalue weighted by molar-refractivity contribution is 0.640. The van der Waals surface area contributed by atoms with Crippen LogP contribution in [0, 0.1) is 13.8 Å². The van der Waals surface area contributed by atoms with Crippen LogP contribution in [0.4, 0.5) is 5.69 Å². The minimum Gasteiger partial charge on any atom is -0.455 e. The highest BCUT2D eigenvalue weighted by Gasteiger charge is 2.21. The fourth-order valence-corrected chi connectivity index (χ4v) is 4.04. The number of hydrogen-bond donors (Lipinski definition) is 0. The monoisotopic (exact) mass is 385 g/mol. The first-order valence-electron chi connectivity index (χ1n) is 9.41. The van der Waals surface area contributed by atoms with E-state index in [1.54, 1.807) is 31.2 Å². The van der Waals surface area contributed by atoms with E-state index in [1.165, 1.54) is 0 Å². The Hall–Kier alpha value is -3.60. The van der Waals surface area contributed by atoms with Gasteiger partial charge in [0.2, 0.25) is 10.9 Å². The summed E-state index contributed by atoms with van der Waals surface area (Å²) in [7, 11) is 3.87. The summed E-state index contributed by atoms with van der Waals surface area (Å²) >= 11 is 0. The van der Waals surface area contributed by atoms with Crippen LogP contribution in [-0.2, 0) is 0 Å². The van der Waals surface area contributed by atoms with Gasteiger partial charge in [0.25, 0.3) is 0 Å². The fourth-order valence-electron chi connectivity index (χ4n) is 4.04. The van der Waals surface area contributed by atoms with Gasteiger partial charge in [-0.25, -0.2) is 0 Å². The highest BCUT2D eigenvalue weighted by molar-refractivity contribution is 6.06. The van der Waals surface area contributed by atoms with Gasteiger partial charge in [-0.15, -0.1) is 0 Å². The lowest BCUT2D eigenvalue weighted by Crippen LogP contribution is -2.11. The molecule has 0 fully saturated rings. The van der Waals surface area contributed by atoms with Crippen molar-refractivity contribution < 1.29 is 8.83 Å². The molecule has 0 aliphatic heterocycles. The molecule has 29 heavy (non-hydrogen) atoms. The van der Waals surface area contributed by atoms with E-state index in [0.29, 0.717) is 55.0 Å². The van der Waals surface area contributed by atoms with E-state index in [-0.39, 0.29) is 10.9 Å². The van der Waals surface area contributed by atoms with Crippen LogP contribution in [0.2, 0.25) is 0 Å². The third-order valence-corrected chi connectivity index (χ3v) is 5.62. The molecule has 0 atom stereocenters. The van der Waals surface area contributed by atoms with Gasteiger partial charge in [0.1, 0.15) is 22.3 Å². The first-order valence-corrected chi connectivity index (χ1v) is 9.41. The summed E-state index contributed by atoms with van der Waals surface area (Å²) in [5.41, 5.74) is 3.86. The Bertz CT molecular complexity index is 1590. The van der Waals surface area contributed by atoms with E-state index in [2.05, 4.69) is 0 Å².